The Bertz CT molecular complexity index is 790. The van der Waals surface area contributed by atoms with Gasteiger partial charge in [-0.2, -0.15) is 0 Å². The number of aryl methyl sites for hydroxylation is 1. The molecule has 26 heavy (non-hydrogen) atoms. The fourth-order valence-electron chi connectivity index (χ4n) is 3.16. The van der Waals surface area contributed by atoms with Gasteiger partial charge in [0, 0.05) is 16.5 Å². The lowest BCUT2D eigenvalue weighted by Crippen LogP contribution is -2.41. The summed E-state index contributed by atoms with van der Waals surface area (Å²) in [6.45, 7) is 1.94. The van der Waals surface area contributed by atoms with Crippen LogP contribution >= 0.6 is 11.3 Å². The van der Waals surface area contributed by atoms with Gasteiger partial charge in [-0.25, -0.2) is 0 Å². The summed E-state index contributed by atoms with van der Waals surface area (Å²) >= 11 is 1.53. The predicted molar refractivity (Wildman–Crippen MR) is 106 cm³/mol. The summed E-state index contributed by atoms with van der Waals surface area (Å²) in [6.07, 6.45) is 7.27. The molecule has 1 aliphatic rings. The first-order valence-corrected chi connectivity index (χ1v) is 9.94. The number of rotatable bonds is 5. The largest absolute Gasteiger partial charge is 0.348 e. The van der Waals surface area contributed by atoms with Crippen molar-refractivity contribution in [1.82, 2.24) is 10.6 Å². The lowest BCUT2D eigenvalue weighted by Gasteiger charge is -2.23. The fourth-order valence-corrected chi connectivity index (χ4v) is 3.82. The average Bonchev–Trinajstić information content (AvgIpc) is 3.15. The third-order valence-electron chi connectivity index (χ3n) is 4.54. The van der Waals surface area contributed by atoms with Gasteiger partial charge in [-0.1, -0.05) is 43.0 Å². The summed E-state index contributed by atoms with van der Waals surface area (Å²) in [6, 6.07) is 11.4. The van der Waals surface area contributed by atoms with Gasteiger partial charge >= 0.3 is 0 Å². The van der Waals surface area contributed by atoms with E-state index in [0.717, 1.165) is 36.1 Å². The van der Waals surface area contributed by atoms with Crippen LogP contribution in [0.5, 0.6) is 0 Å². The van der Waals surface area contributed by atoms with Crippen LogP contribution in [0.1, 0.15) is 52.9 Å². The Morgan fingerprint density at radius 1 is 1.12 bits per heavy atom. The fraction of sp³-hybridized carbons (Fsp3) is 0.333. The minimum atomic E-state index is -0.268. The van der Waals surface area contributed by atoms with Crippen LogP contribution in [0, 0.1) is 6.92 Å². The lowest BCUT2D eigenvalue weighted by atomic mass is 9.95. The Morgan fingerprint density at radius 3 is 2.62 bits per heavy atom. The Morgan fingerprint density at radius 2 is 1.92 bits per heavy atom. The number of hydrogen-bond acceptors (Lipinski definition) is 3. The summed E-state index contributed by atoms with van der Waals surface area (Å²) in [7, 11) is 0. The van der Waals surface area contributed by atoms with E-state index < -0.39 is 0 Å². The summed E-state index contributed by atoms with van der Waals surface area (Å²) in [4.78, 5) is 26.3. The summed E-state index contributed by atoms with van der Waals surface area (Å²) in [5.41, 5.74) is 1.85. The second-order valence-corrected chi connectivity index (χ2v) is 7.68. The van der Waals surface area contributed by atoms with Gasteiger partial charge in [0.25, 0.3) is 11.8 Å². The van der Waals surface area contributed by atoms with Gasteiger partial charge in [0.15, 0.2) is 0 Å². The molecule has 3 rings (SSSR count). The zero-order chi connectivity index (χ0) is 18.4. The van der Waals surface area contributed by atoms with E-state index in [4.69, 9.17) is 0 Å². The highest BCUT2D eigenvalue weighted by molar-refractivity contribution is 7.10. The van der Waals surface area contributed by atoms with Crippen LogP contribution in [-0.2, 0) is 4.79 Å². The Labute approximate surface area is 158 Å². The molecule has 1 aromatic carbocycles. The highest BCUT2D eigenvalue weighted by Gasteiger charge is 2.20. The normalized spacial score (nSPS) is 15.5. The molecule has 0 saturated heterocycles. The molecule has 0 spiro atoms. The number of thiophene rings is 1. The van der Waals surface area contributed by atoms with Gasteiger partial charge in [0.05, 0.1) is 0 Å². The average molecular weight is 369 g/mol. The van der Waals surface area contributed by atoms with E-state index in [1.54, 1.807) is 12.1 Å². The highest BCUT2D eigenvalue weighted by atomic mass is 32.1. The van der Waals surface area contributed by atoms with Crippen LogP contribution in [0.25, 0.3) is 6.08 Å². The van der Waals surface area contributed by atoms with Crippen LogP contribution in [0.3, 0.4) is 0 Å². The summed E-state index contributed by atoms with van der Waals surface area (Å²) in [5.74, 6) is -0.485. The maximum Gasteiger partial charge on any atom is 0.268 e. The van der Waals surface area contributed by atoms with Gasteiger partial charge in [0.2, 0.25) is 0 Å². The summed E-state index contributed by atoms with van der Waals surface area (Å²) in [5, 5.41) is 7.84. The number of benzene rings is 1. The number of carbonyl (C=O) groups is 2. The Balaban J connectivity index is 1.77. The van der Waals surface area contributed by atoms with Crippen molar-refractivity contribution in [3.8, 4) is 0 Å². The summed E-state index contributed by atoms with van der Waals surface area (Å²) < 4.78 is 0. The SMILES string of the molecule is Cc1cccc(C(=O)N/C(=C\c2cccs2)C(=O)NC2CCCCC2)c1. The van der Waals surface area contributed by atoms with E-state index >= 15 is 0 Å². The zero-order valence-corrected chi connectivity index (χ0v) is 15.8. The quantitative estimate of drug-likeness (QED) is 0.774. The smallest absolute Gasteiger partial charge is 0.268 e. The molecular weight excluding hydrogens is 344 g/mol. The zero-order valence-electron chi connectivity index (χ0n) is 15.0. The molecule has 1 fully saturated rings. The second-order valence-electron chi connectivity index (χ2n) is 6.71. The Hall–Kier alpha value is -2.40. The van der Waals surface area contributed by atoms with Crippen molar-refractivity contribution in [2.75, 3.05) is 0 Å². The molecule has 5 heteroatoms. The molecule has 1 aliphatic carbocycles. The second kappa shape index (κ2) is 8.81. The minimum Gasteiger partial charge on any atom is -0.348 e. The molecule has 1 aromatic heterocycles. The molecule has 0 radical (unpaired) electrons. The number of amides is 2. The monoisotopic (exact) mass is 368 g/mol. The third-order valence-corrected chi connectivity index (χ3v) is 5.36. The van der Waals surface area contributed by atoms with Crippen LogP contribution in [0.4, 0.5) is 0 Å². The van der Waals surface area contributed by atoms with Crippen molar-refractivity contribution in [2.45, 2.75) is 45.1 Å². The van der Waals surface area contributed by atoms with Crippen molar-refractivity contribution >= 4 is 29.2 Å². The number of hydrogen-bond donors (Lipinski definition) is 2. The predicted octanol–water partition coefficient (Wildman–Crippen LogP) is 4.28. The van der Waals surface area contributed by atoms with E-state index in [9.17, 15) is 9.59 Å². The molecule has 2 amide bonds. The minimum absolute atomic E-state index is 0.193. The molecule has 0 bridgehead atoms. The maximum absolute atomic E-state index is 12.8. The van der Waals surface area contributed by atoms with Crippen LogP contribution in [0.2, 0.25) is 0 Å². The van der Waals surface area contributed by atoms with E-state index in [2.05, 4.69) is 10.6 Å². The van der Waals surface area contributed by atoms with E-state index in [-0.39, 0.29) is 17.9 Å². The van der Waals surface area contributed by atoms with Crippen molar-refractivity contribution in [3.05, 3.63) is 63.5 Å². The number of nitrogens with one attached hydrogen (secondary N) is 2. The van der Waals surface area contributed by atoms with Gasteiger partial charge in [-0.05, 0) is 49.4 Å². The molecule has 2 N–H and O–H groups in total. The van der Waals surface area contributed by atoms with Crippen molar-refractivity contribution in [1.29, 1.82) is 0 Å². The third kappa shape index (κ3) is 5.05. The van der Waals surface area contributed by atoms with Crippen LogP contribution in [0.15, 0.2) is 47.5 Å². The molecule has 1 heterocycles. The van der Waals surface area contributed by atoms with E-state index in [1.807, 2.05) is 42.6 Å². The van der Waals surface area contributed by atoms with Crippen LogP contribution in [-0.4, -0.2) is 17.9 Å². The molecule has 0 aliphatic heterocycles. The van der Waals surface area contributed by atoms with Gasteiger partial charge in [0.1, 0.15) is 5.70 Å². The van der Waals surface area contributed by atoms with Gasteiger partial charge in [-0.3, -0.25) is 9.59 Å². The molecular formula is C21H24N2O2S. The van der Waals surface area contributed by atoms with Gasteiger partial charge in [-0.15, -0.1) is 11.3 Å². The first-order chi connectivity index (χ1) is 12.6. The van der Waals surface area contributed by atoms with E-state index in [0.29, 0.717) is 11.3 Å². The topological polar surface area (TPSA) is 58.2 Å². The first kappa shape index (κ1) is 18.4. The van der Waals surface area contributed by atoms with E-state index in [1.165, 1.54) is 17.8 Å². The molecule has 2 aromatic rings. The molecule has 4 nitrogen and oxygen atoms in total. The molecule has 136 valence electrons. The Kier molecular flexibility index (Phi) is 6.23. The van der Waals surface area contributed by atoms with Crippen LogP contribution < -0.4 is 10.6 Å². The van der Waals surface area contributed by atoms with Crippen molar-refractivity contribution in [3.63, 3.8) is 0 Å². The highest BCUT2D eigenvalue weighted by Crippen LogP contribution is 2.18. The first-order valence-electron chi connectivity index (χ1n) is 9.06. The molecule has 0 unspecified atom stereocenters. The molecule has 1 saturated carbocycles. The molecule has 0 atom stereocenters. The van der Waals surface area contributed by atoms with Crippen molar-refractivity contribution in [2.24, 2.45) is 0 Å². The lowest BCUT2D eigenvalue weighted by molar-refractivity contribution is -0.118. The van der Waals surface area contributed by atoms with Crippen molar-refractivity contribution < 1.29 is 9.59 Å². The van der Waals surface area contributed by atoms with Gasteiger partial charge < -0.3 is 10.6 Å². The standard InChI is InChI=1S/C21H24N2O2S/c1-15-7-5-8-16(13-15)20(24)23-19(14-18-11-6-12-26-18)21(25)22-17-9-3-2-4-10-17/h5-8,11-14,17H,2-4,9-10H2,1H3,(H,22,25)(H,23,24)/b19-14-. The number of carbonyl (C=O) groups excluding carboxylic acids is 2. The maximum atomic E-state index is 12.8.